The van der Waals surface area contributed by atoms with Crippen molar-refractivity contribution >= 4 is 39.7 Å². The highest BCUT2D eigenvalue weighted by molar-refractivity contribution is 9.10. The van der Waals surface area contributed by atoms with E-state index in [2.05, 4.69) is 36.4 Å². The molecule has 1 heterocycles. The van der Waals surface area contributed by atoms with Gasteiger partial charge in [0.05, 0.1) is 16.9 Å². The number of aromatic amines is 1. The van der Waals surface area contributed by atoms with Crippen molar-refractivity contribution in [3.63, 3.8) is 0 Å². The van der Waals surface area contributed by atoms with Crippen LogP contribution < -0.4 is 11.0 Å². The number of nitrogens with zero attached hydrogens (tertiary/aromatic N) is 3. The molecule has 0 saturated heterocycles. The summed E-state index contributed by atoms with van der Waals surface area (Å²) >= 11 is 9.63. The molecule has 0 aliphatic rings. The summed E-state index contributed by atoms with van der Waals surface area (Å²) in [4.78, 5) is 19.0. The van der Waals surface area contributed by atoms with Gasteiger partial charge in [-0.3, -0.25) is 9.78 Å². The van der Waals surface area contributed by atoms with Crippen LogP contribution in [0.25, 0.3) is 11.3 Å². The zero-order chi connectivity index (χ0) is 19.4. The third-order valence-corrected chi connectivity index (χ3v) is 4.93. The van der Waals surface area contributed by atoms with Crippen molar-refractivity contribution in [1.29, 1.82) is 5.26 Å². The summed E-state index contributed by atoms with van der Waals surface area (Å²) in [5.74, 6) is 0.122. The fraction of sp³-hybridized carbons (Fsp3) is 0.0526. The van der Waals surface area contributed by atoms with E-state index >= 15 is 0 Å². The minimum absolute atomic E-state index is 0.0543. The van der Waals surface area contributed by atoms with Crippen molar-refractivity contribution in [3.8, 4) is 17.3 Å². The van der Waals surface area contributed by atoms with Crippen LogP contribution in [0, 0.1) is 18.3 Å². The van der Waals surface area contributed by atoms with E-state index in [1.54, 1.807) is 12.1 Å². The van der Waals surface area contributed by atoms with Gasteiger partial charge in [-0.1, -0.05) is 41.9 Å². The van der Waals surface area contributed by atoms with Gasteiger partial charge in [-0.2, -0.15) is 10.4 Å². The summed E-state index contributed by atoms with van der Waals surface area (Å²) in [6, 6.07) is 14.7. The zero-order valence-electron chi connectivity index (χ0n) is 14.1. The first-order chi connectivity index (χ1) is 13.0. The highest BCUT2D eigenvalue weighted by atomic mass is 79.9. The van der Waals surface area contributed by atoms with E-state index in [4.69, 9.17) is 11.6 Å². The molecule has 3 rings (SSSR count). The van der Waals surface area contributed by atoms with Gasteiger partial charge in [0.1, 0.15) is 11.6 Å². The van der Waals surface area contributed by atoms with Crippen LogP contribution in [0.1, 0.15) is 16.7 Å². The van der Waals surface area contributed by atoms with Gasteiger partial charge in [0.25, 0.3) is 5.56 Å². The summed E-state index contributed by atoms with van der Waals surface area (Å²) in [5.41, 5.74) is 4.76. The molecule has 1 aromatic heterocycles. The van der Waals surface area contributed by atoms with Crippen LogP contribution in [-0.4, -0.2) is 16.2 Å². The lowest BCUT2D eigenvalue weighted by Gasteiger charge is -2.06. The normalized spacial score (nSPS) is 10.7. The number of benzene rings is 2. The Balaban J connectivity index is 1.94. The van der Waals surface area contributed by atoms with E-state index in [9.17, 15) is 10.1 Å². The van der Waals surface area contributed by atoms with Crippen LogP contribution in [0.15, 0.2) is 56.8 Å². The Kier molecular flexibility index (Phi) is 5.69. The second-order valence-corrected chi connectivity index (χ2v) is 6.87. The summed E-state index contributed by atoms with van der Waals surface area (Å²) < 4.78 is 0.766. The topological polar surface area (TPSA) is 93.9 Å². The van der Waals surface area contributed by atoms with Gasteiger partial charge in [-0.15, -0.1) is 0 Å². The molecule has 134 valence electrons. The highest BCUT2D eigenvalue weighted by Crippen LogP contribution is 2.27. The lowest BCUT2D eigenvalue weighted by molar-refractivity contribution is 1.08. The average molecular weight is 443 g/mol. The van der Waals surface area contributed by atoms with Gasteiger partial charge in [0.15, 0.2) is 0 Å². The predicted octanol–water partition coefficient (Wildman–Crippen LogP) is 4.48. The quantitative estimate of drug-likeness (QED) is 0.460. The van der Waals surface area contributed by atoms with Crippen molar-refractivity contribution in [3.05, 3.63) is 79.0 Å². The minimum atomic E-state index is -0.541. The second-order valence-electron chi connectivity index (χ2n) is 5.64. The van der Waals surface area contributed by atoms with Crippen molar-refractivity contribution in [2.45, 2.75) is 6.92 Å². The molecule has 0 saturated carbocycles. The van der Waals surface area contributed by atoms with E-state index in [1.807, 2.05) is 43.3 Å². The first-order valence-corrected chi connectivity index (χ1v) is 9.01. The number of nitrogens with one attached hydrogen (secondary N) is 2. The molecule has 0 spiro atoms. The summed E-state index contributed by atoms with van der Waals surface area (Å²) in [7, 11) is 0. The second kappa shape index (κ2) is 8.16. The number of anilines is 1. The predicted molar refractivity (Wildman–Crippen MR) is 110 cm³/mol. The smallest absolute Gasteiger partial charge is 0.270 e. The Morgan fingerprint density at radius 1 is 1.33 bits per heavy atom. The molecule has 0 atom stereocenters. The summed E-state index contributed by atoms with van der Waals surface area (Å²) in [5, 5.41) is 13.9. The van der Waals surface area contributed by atoms with Gasteiger partial charge < -0.3 is 0 Å². The van der Waals surface area contributed by atoms with Crippen LogP contribution >= 0.6 is 27.5 Å². The molecule has 6 nitrogen and oxygen atoms in total. The van der Waals surface area contributed by atoms with Crippen LogP contribution in [0.5, 0.6) is 0 Å². The molecule has 3 aromatic rings. The fourth-order valence-electron chi connectivity index (χ4n) is 2.44. The maximum atomic E-state index is 12.2. The van der Waals surface area contributed by atoms with E-state index in [0.717, 1.165) is 10.0 Å². The number of hydrogen-bond acceptors (Lipinski definition) is 5. The molecule has 0 amide bonds. The molecule has 8 heteroatoms. The number of nitriles is 1. The SMILES string of the molecule is Cc1cc(Br)c(Cl)c(C=NNc2nc(-c3ccccc3)c(C#N)c(=O)[nH]2)c1. The molecule has 2 N–H and O–H groups in total. The lowest BCUT2D eigenvalue weighted by Crippen LogP contribution is -2.16. The molecule has 0 aliphatic carbocycles. The first-order valence-electron chi connectivity index (χ1n) is 7.84. The number of aromatic nitrogens is 2. The summed E-state index contributed by atoms with van der Waals surface area (Å²) in [6.45, 7) is 1.94. The molecule has 2 aromatic carbocycles. The van der Waals surface area contributed by atoms with E-state index in [1.165, 1.54) is 6.21 Å². The number of hydrazone groups is 1. The Labute approximate surface area is 168 Å². The van der Waals surface area contributed by atoms with Gasteiger partial charge in [-0.25, -0.2) is 10.4 Å². The zero-order valence-corrected chi connectivity index (χ0v) is 16.5. The number of halogens is 2. The Morgan fingerprint density at radius 3 is 2.78 bits per heavy atom. The minimum Gasteiger partial charge on any atom is -0.290 e. The third kappa shape index (κ3) is 4.25. The largest absolute Gasteiger partial charge is 0.290 e. The Hall–Kier alpha value is -2.95. The first kappa shape index (κ1) is 18.8. The fourth-order valence-corrected chi connectivity index (χ4v) is 3.19. The third-order valence-electron chi connectivity index (χ3n) is 3.65. The Morgan fingerprint density at radius 2 is 2.07 bits per heavy atom. The van der Waals surface area contributed by atoms with Crippen LogP contribution in [0.4, 0.5) is 5.95 Å². The van der Waals surface area contributed by atoms with Gasteiger partial charge in [0.2, 0.25) is 5.95 Å². The summed E-state index contributed by atoms with van der Waals surface area (Å²) in [6.07, 6.45) is 1.53. The maximum absolute atomic E-state index is 12.2. The van der Waals surface area contributed by atoms with Crippen molar-refractivity contribution < 1.29 is 0 Å². The highest BCUT2D eigenvalue weighted by Gasteiger charge is 2.13. The number of hydrogen-bond donors (Lipinski definition) is 2. The number of H-pyrrole nitrogens is 1. The molecule has 27 heavy (non-hydrogen) atoms. The molecule has 0 radical (unpaired) electrons. The van der Waals surface area contributed by atoms with Crippen LogP contribution in [0.2, 0.25) is 5.02 Å². The van der Waals surface area contributed by atoms with E-state index < -0.39 is 5.56 Å². The molecule has 0 bridgehead atoms. The van der Waals surface area contributed by atoms with Crippen molar-refractivity contribution in [2.24, 2.45) is 5.10 Å². The van der Waals surface area contributed by atoms with Gasteiger partial charge in [-0.05, 0) is 40.5 Å². The van der Waals surface area contributed by atoms with Crippen molar-refractivity contribution in [2.75, 3.05) is 5.43 Å². The molecular weight excluding hydrogens is 430 g/mol. The standard InChI is InChI=1S/C19H13BrClN5O/c1-11-7-13(16(21)15(20)8-11)10-23-26-19-24-17(12-5-3-2-4-6-12)14(9-22)18(27)25-19/h2-8,10H,1H3,(H2,24,25,26,27). The van der Waals surface area contributed by atoms with Crippen molar-refractivity contribution in [1.82, 2.24) is 9.97 Å². The van der Waals surface area contributed by atoms with E-state index in [0.29, 0.717) is 16.1 Å². The maximum Gasteiger partial charge on any atom is 0.270 e. The van der Waals surface area contributed by atoms with Gasteiger partial charge in [0, 0.05) is 15.6 Å². The molecule has 0 fully saturated rings. The lowest BCUT2D eigenvalue weighted by atomic mass is 10.1. The molecular formula is C19H13BrClN5O. The Bertz CT molecular complexity index is 1120. The van der Waals surface area contributed by atoms with Gasteiger partial charge >= 0.3 is 0 Å². The molecule has 0 aliphatic heterocycles. The van der Waals surface area contributed by atoms with Crippen LogP contribution in [0.3, 0.4) is 0 Å². The average Bonchev–Trinajstić information content (AvgIpc) is 2.66. The van der Waals surface area contributed by atoms with E-state index in [-0.39, 0.29) is 17.2 Å². The number of aryl methyl sites for hydroxylation is 1. The number of rotatable bonds is 4. The van der Waals surface area contributed by atoms with Crippen LogP contribution in [-0.2, 0) is 0 Å². The monoisotopic (exact) mass is 441 g/mol. The molecule has 0 unspecified atom stereocenters.